The van der Waals surface area contributed by atoms with E-state index in [1.165, 1.54) is 24.6 Å². The number of hydrogen-bond acceptors (Lipinski definition) is 5. The van der Waals surface area contributed by atoms with E-state index in [9.17, 15) is 14.7 Å². The maximum atomic E-state index is 11.6. The van der Waals surface area contributed by atoms with Gasteiger partial charge in [-0.25, -0.2) is 5.43 Å². The number of carbonyl (C=O) groups is 2. The first-order valence-corrected chi connectivity index (χ1v) is 6.35. The maximum Gasteiger partial charge on any atom is 0.307 e. The molecule has 0 spiro atoms. The Morgan fingerprint density at radius 1 is 1.27 bits per heavy atom. The summed E-state index contributed by atoms with van der Waals surface area (Å²) in [6.45, 7) is 0. The van der Waals surface area contributed by atoms with Crippen molar-refractivity contribution in [2.75, 3.05) is 0 Å². The summed E-state index contributed by atoms with van der Waals surface area (Å²) in [6.07, 6.45) is 4.40. The molecule has 7 nitrogen and oxygen atoms in total. The van der Waals surface area contributed by atoms with Crippen LogP contribution in [0.2, 0.25) is 0 Å². The van der Waals surface area contributed by atoms with Crippen molar-refractivity contribution in [2.24, 2.45) is 5.10 Å². The molecule has 0 aliphatic carbocycles. The Kier molecular flexibility index (Phi) is 3.45. The molecule has 0 aliphatic rings. The zero-order chi connectivity index (χ0) is 15.5. The number of hydrogen-bond donors (Lipinski definition) is 2. The Labute approximate surface area is 124 Å². The third-order valence-electron chi connectivity index (χ3n) is 3.08. The van der Waals surface area contributed by atoms with Crippen LogP contribution in [-0.2, 0) is 0 Å². The van der Waals surface area contributed by atoms with E-state index in [2.05, 4.69) is 15.5 Å². The maximum absolute atomic E-state index is 11.6. The van der Waals surface area contributed by atoms with Crippen molar-refractivity contribution < 1.29 is 19.1 Å². The second kappa shape index (κ2) is 5.57. The van der Waals surface area contributed by atoms with E-state index in [0.717, 1.165) is 0 Å². The third-order valence-corrected chi connectivity index (χ3v) is 3.08. The van der Waals surface area contributed by atoms with E-state index in [0.29, 0.717) is 16.5 Å². The summed E-state index contributed by atoms with van der Waals surface area (Å²) < 4.78 is 4.93. The summed E-state index contributed by atoms with van der Waals surface area (Å²) in [5.41, 5.74) is 3.47. The highest BCUT2D eigenvalue weighted by molar-refractivity contribution is 6.07. The molecule has 1 aromatic carbocycles. The van der Waals surface area contributed by atoms with Gasteiger partial charge in [-0.1, -0.05) is 18.2 Å². The molecule has 0 saturated heterocycles. The molecule has 7 heteroatoms. The van der Waals surface area contributed by atoms with Gasteiger partial charge in [0.25, 0.3) is 0 Å². The molecule has 3 rings (SSSR count). The first kappa shape index (κ1) is 13.6. The Balaban J connectivity index is 1.82. The van der Waals surface area contributed by atoms with Gasteiger partial charge in [0.05, 0.1) is 24.0 Å². The normalized spacial score (nSPS) is 11.1. The number of carbonyl (C=O) groups excluding carboxylic acids is 2. The molecule has 2 aromatic heterocycles. The summed E-state index contributed by atoms with van der Waals surface area (Å²) in [7, 11) is 0. The molecule has 1 amide bonds. The Bertz CT molecular complexity index is 862. The summed E-state index contributed by atoms with van der Waals surface area (Å²) in [6, 6.07) is 7.92. The minimum absolute atomic E-state index is 0.0665. The van der Waals surface area contributed by atoms with E-state index in [1.54, 1.807) is 24.4 Å². The molecule has 0 radical (unpaired) electrons. The van der Waals surface area contributed by atoms with Gasteiger partial charge >= 0.3 is 5.91 Å². The molecule has 0 fully saturated rings. The average molecular weight is 296 g/mol. The van der Waals surface area contributed by atoms with Gasteiger partial charge in [0.2, 0.25) is 0 Å². The van der Waals surface area contributed by atoms with E-state index < -0.39 is 11.9 Å². The predicted molar refractivity (Wildman–Crippen MR) is 76.4 cm³/mol. The van der Waals surface area contributed by atoms with Crippen LogP contribution in [0.4, 0.5) is 0 Å². The second-order valence-corrected chi connectivity index (χ2v) is 4.44. The summed E-state index contributed by atoms with van der Waals surface area (Å²) in [5.74, 6) is -1.59. The predicted octanol–water partition coefficient (Wildman–Crippen LogP) is 0.888. The van der Waals surface area contributed by atoms with Crippen molar-refractivity contribution in [3.8, 4) is 0 Å². The number of aromatic amines is 1. The molecule has 0 saturated carbocycles. The van der Waals surface area contributed by atoms with Crippen LogP contribution in [0.3, 0.4) is 0 Å². The lowest BCUT2D eigenvalue weighted by molar-refractivity contribution is -0.254. The lowest BCUT2D eigenvalue weighted by Crippen LogP contribution is -2.22. The number of carboxylic acid groups (broad SMARTS) is 1. The second-order valence-electron chi connectivity index (χ2n) is 4.44. The molecule has 0 atom stereocenters. The van der Waals surface area contributed by atoms with Crippen LogP contribution in [0.5, 0.6) is 0 Å². The average Bonchev–Trinajstić information content (AvgIpc) is 3.16. The number of furan rings is 1. The highest BCUT2D eigenvalue weighted by atomic mass is 16.4. The van der Waals surface area contributed by atoms with Crippen molar-refractivity contribution >= 4 is 29.0 Å². The fourth-order valence-electron chi connectivity index (χ4n) is 2.08. The SMILES string of the molecule is O=C(N/N=C/c1c[nH]c2c(C(=O)[O-])cccc12)c1ccco1. The minimum Gasteiger partial charge on any atom is -0.545 e. The fourth-order valence-corrected chi connectivity index (χ4v) is 2.08. The fraction of sp³-hybridized carbons (Fsp3) is 0. The third kappa shape index (κ3) is 2.47. The molecule has 0 unspecified atom stereocenters. The van der Waals surface area contributed by atoms with Crippen LogP contribution in [-0.4, -0.2) is 23.1 Å². The van der Waals surface area contributed by atoms with Crippen LogP contribution in [0.15, 0.2) is 52.3 Å². The number of aromatic carboxylic acids is 1. The summed E-state index contributed by atoms with van der Waals surface area (Å²) in [4.78, 5) is 25.5. The molecular formula is C15H10N3O4-. The van der Waals surface area contributed by atoms with Crippen molar-refractivity contribution in [2.45, 2.75) is 0 Å². The van der Waals surface area contributed by atoms with Crippen LogP contribution >= 0.6 is 0 Å². The number of rotatable bonds is 4. The number of H-pyrrole nitrogens is 1. The molecule has 3 aromatic rings. The number of fused-ring (bicyclic) bond motifs is 1. The first-order valence-electron chi connectivity index (χ1n) is 6.35. The number of hydrazone groups is 1. The van der Waals surface area contributed by atoms with Crippen molar-refractivity contribution in [3.63, 3.8) is 0 Å². The molecule has 22 heavy (non-hydrogen) atoms. The first-order chi connectivity index (χ1) is 10.7. The standard InChI is InChI=1S/C15H11N3O4/c19-14(12-5-2-6-22-12)18-17-8-9-7-16-13-10(9)3-1-4-11(13)15(20)21/h1-8,16H,(H,18,19)(H,20,21)/p-1/b17-8+. The van der Waals surface area contributed by atoms with Gasteiger partial charge in [-0.3, -0.25) is 4.79 Å². The van der Waals surface area contributed by atoms with E-state index in [4.69, 9.17) is 4.42 Å². The van der Waals surface area contributed by atoms with Crippen LogP contribution in [0.25, 0.3) is 10.9 Å². The topological polar surface area (TPSA) is 111 Å². The van der Waals surface area contributed by atoms with Gasteiger partial charge in [-0.15, -0.1) is 0 Å². The van der Waals surface area contributed by atoms with Gasteiger partial charge in [0.1, 0.15) is 0 Å². The summed E-state index contributed by atoms with van der Waals surface area (Å²) in [5, 5.41) is 15.5. The van der Waals surface area contributed by atoms with Crippen molar-refractivity contribution in [1.29, 1.82) is 0 Å². The Hall–Kier alpha value is -3.35. The number of carboxylic acids is 1. The smallest absolute Gasteiger partial charge is 0.307 e. The molecule has 2 heterocycles. The number of nitrogens with zero attached hydrogens (tertiary/aromatic N) is 1. The van der Waals surface area contributed by atoms with E-state index in [1.807, 2.05) is 0 Å². The van der Waals surface area contributed by atoms with Gasteiger partial charge < -0.3 is 19.3 Å². The number of nitrogens with one attached hydrogen (secondary N) is 2. The largest absolute Gasteiger partial charge is 0.545 e. The molecule has 0 aliphatic heterocycles. The highest BCUT2D eigenvalue weighted by Crippen LogP contribution is 2.20. The Morgan fingerprint density at radius 2 is 2.14 bits per heavy atom. The minimum atomic E-state index is -1.26. The van der Waals surface area contributed by atoms with Crippen LogP contribution < -0.4 is 10.5 Å². The van der Waals surface area contributed by atoms with Gasteiger partial charge in [0.15, 0.2) is 5.76 Å². The Morgan fingerprint density at radius 3 is 2.86 bits per heavy atom. The highest BCUT2D eigenvalue weighted by Gasteiger charge is 2.08. The van der Waals surface area contributed by atoms with Crippen molar-refractivity contribution in [3.05, 3.63) is 59.7 Å². The summed E-state index contributed by atoms with van der Waals surface area (Å²) >= 11 is 0. The number of para-hydroxylation sites is 1. The van der Waals surface area contributed by atoms with Gasteiger partial charge in [-0.05, 0) is 12.1 Å². The van der Waals surface area contributed by atoms with E-state index in [-0.39, 0.29) is 11.3 Å². The lowest BCUT2D eigenvalue weighted by Gasteiger charge is -2.03. The van der Waals surface area contributed by atoms with Gasteiger partial charge in [-0.2, -0.15) is 5.10 Å². The lowest BCUT2D eigenvalue weighted by atomic mass is 10.1. The zero-order valence-corrected chi connectivity index (χ0v) is 11.2. The monoisotopic (exact) mass is 296 g/mol. The number of amides is 1. The van der Waals surface area contributed by atoms with Crippen LogP contribution in [0.1, 0.15) is 26.5 Å². The molecular weight excluding hydrogens is 286 g/mol. The van der Waals surface area contributed by atoms with Crippen molar-refractivity contribution in [1.82, 2.24) is 10.4 Å². The zero-order valence-electron chi connectivity index (χ0n) is 11.2. The molecule has 110 valence electrons. The van der Waals surface area contributed by atoms with E-state index >= 15 is 0 Å². The molecule has 0 bridgehead atoms. The number of benzene rings is 1. The van der Waals surface area contributed by atoms with Gasteiger partial charge in [0, 0.05) is 22.7 Å². The molecule has 2 N–H and O–H groups in total. The van der Waals surface area contributed by atoms with Crippen LogP contribution in [0, 0.1) is 0 Å². The quantitative estimate of drug-likeness (QED) is 0.550. The number of aromatic nitrogens is 1.